The van der Waals surface area contributed by atoms with Gasteiger partial charge in [-0.2, -0.15) is 13.2 Å². The van der Waals surface area contributed by atoms with Gasteiger partial charge in [0.25, 0.3) is 0 Å². The number of halogens is 4. The summed E-state index contributed by atoms with van der Waals surface area (Å²) in [6, 6.07) is 2.58. The van der Waals surface area contributed by atoms with Crippen molar-refractivity contribution < 1.29 is 17.6 Å². The van der Waals surface area contributed by atoms with E-state index >= 15 is 0 Å². The second-order valence-electron chi connectivity index (χ2n) is 4.83. The average Bonchev–Trinajstić information content (AvgIpc) is 2.11. The van der Waals surface area contributed by atoms with Gasteiger partial charge in [0.15, 0.2) is 0 Å². The summed E-state index contributed by atoms with van der Waals surface area (Å²) in [6.45, 7) is 3.55. The van der Waals surface area contributed by atoms with Crippen molar-refractivity contribution in [3.8, 4) is 0 Å². The third-order valence-electron chi connectivity index (χ3n) is 2.34. The van der Waals surface area contributed by atoms with Gasteiger partial charge >= 0.3 is 6.18 Å². The Morgan fingerprint density at radius 1 is 1.12 bits per heavy atom. The lowest BCUT2D eigenvalue weighted by Crippen LogP contribution is -2.32. The van der Waals surface area contributed by atoms with Crippen LogP contribution in [0.4, 0.5) is 17.6 Å². The summed E-state index contributed by atoms with van der Waals surface area (Å²) in [6.07, 6.45) is -3.70. The van der Waals surface area contributed by atoms with E-state index in [1.54, 1.807) is 13.8 Å². The van der Waals surface area contributed by atoms with E-state index in [0.717, 1.165) is 12.1 Å². The molecular weight excluding hydrogens is 234 g/mol. The molecule has 0 fully saturated rings. The Hall–Kier alpha value is -1.10. The minimum absolute atomic E-state index is 0.316. The molecular formula is C12H15F4N. The fourth-order valence-electron chi connectivity index (χ4n) is 1.42. The summed E-state index contributed by atoms with van der Waals surface area (Å²) in [5, 5.41) is 0. The molecule has 5 heteroatoms. The molecule has 0 amide bonds. The summed E-state index contributed by atoms with van der Waals surface area (Å²) in [7, 11) is 0. The summed E-state index contributed by atoms with van der Waals surface area (Å²) in [5.74, 6) is -0.871. The van der Waals surface area contributed by atoms with Gasteiger partial charge in [-0.1, -0.05) is 0 Å². The zero-order chi connectivity index (χ0) is 13.3. The summed E-state index contributed by atoms with van der Waals surface area (Å²) < 4.78 is 50.3. The predicted octanol–water partition coefficient (Wildman–Crippen LogP) is 3.51. The van der Waals surface area contributed by atoms with E-state index in [9.17, 15) is 17.6 Å². The molecule has 0 aliphatic heterocycles. The molecule has 2 N–H and O–H groups in total. The van der Waals surface area contributed by atoms with E-state index in [1.807, 2.05) is 0 Å². The predicted molar refractivity (Wildman–Crippen MR) is 58.0 cm³/mol. The monoisotopic (exact) mass is 249 g/mol. The lowest BCUT2D eigenvalue weighted by Gasteiger charge is -2.18. The number of nitrogens with two attached hydrogens (primary N) is 1. The smallest absolute Gasteiger partial charge is 0.326 e. The van der Waals surface area contributed by atoms with Crippen molar-refractivity contribution in [2.24, 2.45) is 5.73 Å². The van der Waals surface area contributed by atoms with Crippen molar-refractivity contribution in [1.29, 1.82) is 0 Å². The topological polar surface area (TPSA) is 26.0 Å². The molecule has 96 valence electrons. The highest BCUT2D eigenvalue weighted by atomic mass is 19.4. The molecule has 1 rings (SSSR count). The SMILES string of the molecule is CC(C)(N)CCc1cc(F)cc(C(F)(F)F)c1. The maximum Gasteiger partial charge on any atom is 0.416 e. The Morgan fingerprint density at radius 3 is 2.18 bits per heavy atom. The Bertz CT molecular complexity index is 390. The van der Waals surface area contributed by atoms with Gasteiger partial charge in [0.2, 0.25) is 0 Å². The van der Waals surface area contributed by atoms with Gasteiger partial charge in [0.05, 0.1) is 5.56 Å². The molecule has 1 nitrogen and oxygen atoms in total. The standard InChI is InChI=1S/C12H15F4N/c1-11(2,17)4-3-8-5-9(12(14,15)16)7-10(13)6-8/h5-7H,3-4,17H2,1-2H3. The van der Waals surface area contributed by atoms with Gasteiger partial charge in [-0.3, -0.25) is 0 Å². The van der Waals surface area contributed by atoms with Gasteiger partial charge < -0.3 is 5.73 Å². The molecule has 0 heterocycles. The molecule has 17 heavy (non-hydrogen) atoms. The van der Waals surface area contributed by atoms with E-state index in [0.29, 0.717) is 24.5 Å². The molecule has 0 aromatic heterocycles. The van der Waals surface area contributed by atoms with Gasteiger partial charge in [-0.15, -0.1) is 0 Å². The number of aryl methyl sites for hydroxylation is 1. The van der Waals surface area contributed by atoms with Crippen LogP contribution in [0.15, 0.2) is 18.2 Å². The minimum atomic E-state index is -4.52. The third-order valence-corrected chi connectivity index (χ3v) is 2.34. The molecule has 0 saturated carbocycles. The Labute approximate surface area is 97.6 Å². The van der Waals surface area contributed by atoms with Gasteiger partial charge in [0.1, 0.15) is 5.82 Å². The number of hydrogen-bond acceptors (Lipinski definition) is 1. The maximum atomic E-state index is 13.0. The highest BCUT2D eigenvalue weighted by Gasteiger charge is 2.31. The van der Waals surface area contributed by atoms with Crippen molar-refractivity contribution in [2.45, 2.75) is 38.4 Å². The lowest BCUT2D eigenvalue weighted by molar-refractivity contribution is -0.137. The van der Waals surface area contributed by atoms with Crippen molar-refractivity contribution in [3.63, 3.8) is 0 Å². The number of hydrogen-bond donors (Lipinski definition) is 1. The van der Waals surface area contributed by atoms with Crippen molar-refractivity contribution in [1.82, 2.24) is 0 Å². The summed E-state index contributed by atoms with van der Waals surface area (Å²) in [4.78, 5) is 0. The van der Waals surface area contributed by atoms with E-state index in [4.69, 9.17) is 5.73 Å². The van der Waals surface area contributed by atoms with Crippen LogP contribution in [0.5, 0.6) is 0 Å². The second-order valence-corrected chi connectivity index (χ2v) is 4.83. The van der Waals surface area contributed by atoms with Crippen LogP contribution in [0.3, 0.4) is 0 Å². The van der Waals surface area contributed by atoms with E-state index in [2.05, 4.69) is 0 Å². The molecule has 0 atom stereocenters. The fourth-order valence-corrected chi connectivity index (χ4v) is 1.42. The first kappa shape index (κ1) is 14.0. The molecule has 1 aromatic carbocycles. The maximum absolute atomic E-state index is 13.0. The van der Waals surface area contributed by atoms with Crippen LogP contribution in [-0.4, -0.2) is 5.54 Å². The molecule has 0 unspecified atom stereocenters. The molecule has 0 radical (unpaired) electrons. The second kappa shape index (κ2) is 4.64. The van der Waals surface area contributed by atoms with E-state index in [-0.39, 0.29) is 0 Å². The minimum Gasteiger partial charge on any atom is -0.326 e. The van der Waals surface area contributed by atoms with Crippen LogP contribution in [0.2, 0.25) is 0 Å². The molecule has 0 aliphatic rings. The average molecular weight is 249 g/mol. The first-order valence-corrected chi connectivity index (χ1v) is 5.23. The normalized spacial score (nSPS) is 12.9. The highest BCUT2D eigenvalue weighted by Crippen LogP contribution is 2.30. The molecule has 0 aliphatic carbocycles. The van der Waals surface area contributed by atoms with Crippen LogP contribution in [0.1, 0.15) is 31.4 Å². The number of rotatable bonds is 3. The van der Waals surface area contributed by atoms with E-state index < -0.39 is 23.1 Å². The highest BCUT2D eigenvalue weighted by molar-refractivity contribution is 5.27. The fraction of sp³-hybridized carbons (Fsp3) is 0.500. The summed E-state index contributed by atoms with van der Waals surface area (Å²) >= 11 is 0. The van der Waals surface area contributed by atoms with Gasteiger partial charge in [-0.25, -0.2) is 4.39 Å². The summed E-state index contributed by atoms with van der Waals surface area (Å²) in [5.41, 5.74) is 4.61. The van der Waals surface area contributed by atoms with Gasteiger partial charge in [-0.05, 0) is 50.5 Å². The van der Waals surface area contributed by atoms with Crippen LogP contribution in [0, 0.1) is 5.82 Å². The Balaban J connectivity index is 2.91. The molecule has 1 aromatic rings. The van der Waals surface area contributed by atoms with Crippen molar-refractivity contribution in [3.05, 3.63) is 35.1 Å². The first-order chi connectivity index (χ1) is 7.58. The third kappa shape index (κ3) is 4.73. The molecule has 0 saturated heterocycles. The lowest BCUT2D eigenvalue weighted by atomic mass is 9.95. The number of alkyl halides is 3. The van der Waals surface area contributed by atoms with Crippen molar-refractivity contribution >= 4 is 0 Å². The largest absolute Gasteiger partial charge is 0.416 e. The Kier molecular flexibility index (Phi) is 3.81. The van der Waals surface area contributed by atoms with Crippen LogP contribution in [-0.2, 0) is 12.6 Å². The van der Waals surface area contributed by atoms with E-state index in [1.165, 1.54) is 0 Å². The zero-order valence-corrected chi connectivity index (χ0v) is 9.74. The zero-order valence-electron chi connectivity index (χ0n) is 9.74. The molecule has 0 bridgehead atoms. The first-order valence-electron chi connectivity index (χ1n) is 5.23. The van der Waals surface area contributed by atoms with Crippen LogP contribution < -0.4 is 5.73 Å². The molecule has 0 spiro atoms. The quantitative estimate of drug-likeness (QED) is 0.815. The van der Waals surface area contributed by atoms with Gasteiger partial charge in [0, 0.05) is 5.54 Å². The Morgan fingerprint density at radius 2 is 1.71 bits per heavy atom. The number of benzene rings is 1. The van der Waals surface area contributed by atoms with Crippen LogP contribution >= 0.6 is 0 Å². The van der Waals surface area contributed by atoms with Crippen LogP contribution in [0.25, 0.3) is 0 Å². The van der Waals surface area contributed by atoms with Crippen molar-refractivity contribution in [2.75, 3.05) is 0 Å².